The summed E-state index contributed by atoms with van der Waals surface area (Å²) in [5.74, 6) is 0.203. The fourth-order valence-corrected chi connectivity index (χ4v) is 7.09. The Labute approximate surface area is 253 Å². The van der Waals surface area contributed by atoms with E-state index in [-0.39, 0.29) is 22.3 Å². The van der Waals surface area contributed by atoms with Crippen molar-refractivity contribution in [3.05, 3.63) is 59.2 Å². The molecule has 0 aliphatic carbocycles. The maximum Gasteiger partial charge on any atom is 0.531 e. The molecule has 1 atom stereocenters. The molecule has 9 nitrogen and oxygen atoms in total. The van der Waals surface area contributed by atoms with Crippen LogP contribution in [0.3, 0.4) is 0 Å². The lowest BCUT2D eigenvalue weighted by atomic mass is 10.1. The van der Waals surface area contributed by atoms with Gasteiger partial charge in [-0.3, -0.25) is 13.2 Å². The van der Waals surface area contributed by atoms with Crippen molar-refractivity contribution in [1.29, 1.82) is 0 Å². The van der Waals surface area contributed by atoms with Gasteiger partial charge >= 0.3 is 7.82 Å². The molecular formula is C30H49O9PSSi. The average molecular weight is 645 g/mol. The van der Waals surface area contributed by atoms with Crippen molar-refractivity contribution >= 4 is 26.3 Å². The van der Waals surface area contributed by atoms with E-state index in [1.165, 1.54) is 12.1 Å². The molecule has 0 spiro atoms. The van der Waals surface area contributed by atoms with E-state index in [0.29, 0.717) is 11.1 Å². The molecule has 2 rings (SSSR count). The highest BCUT2D eigenvalue weighted by Gasteiger charge is 2.40. The molecule has 0 unspecified atom stereocenters. The lowest BCUT2D eigenvalue weighted by molar-refractivity contribution is 0.0221. The lowest BCUT2D eigenvalue weighted by Gasteiger charge is -2.36. The summed E-state index contributed by atoms with van der Waals surface area (Å²) in [6.07, 6.45) is -1.28. The molecular weight excluding hydrogens is 595 g/mol. The first kappa shape index (κ1) is 36.6. The number of aryl methyl sites for hydroxylation is 1. The molecule has 238 valence electrons. The fraction of sp³-hybridized carbons (Fsp3) is 0.600. The van der Waals surface area contributed by atoms with Crippen LogP contribution in [0.15, 0.2) is 47.4 Å². The van der Waals surface area contributed by atoms with Gasteiger partial charge in [-0.05, 0) is 96.4 Å². The molecule has 0 heterocycles. The Morgan fingerprint density at radius 1 is 0.881 bits per heavy atom. The summed E-state index contributed by atoms with van der Waals surface area (Å²) in [7, 11) is -10.4. The third-order valence-corrected chi connectivity index (χ3v) is 14.3. The maximum absolute atomic E-state index is 13.9. The van der Waals surface area contributed by atoms with Crippen LogP contribution in [0.25, 0.3) is 0 Å². The molecule has 0 bridgehead atoms. The summed E-state index contributed by atoms with van der Waals surface area (Å²) in [6, 6.07) is 11.0. The molecule has 0 radical (unpaired) electrons. The Morgan fingerprint density at radius 3 is 1.88 bits per heavy atom. The number of aliphatic hydroxyl groups excluding tert-OH is 1. The number of hydrogen-bond donors (Lipinski definition) is 1. The zero-order valence-electron chi connectivity index (χ0n) is 27.1. The van der Waals surface area contributed by atoms with E-state index in [1.54, 1.807) is 71.9 Å². The molecule has 0 amide bonds. The molecule has 0 aliphatic heterocycles. The Balaban J connectivity index is 2.43. The van der Waals surface area contributed by atoms with Crippen molar-refractivity contribution in [2.45, 2.75) is 116 Å². The van der Waals surface area contributed by atoms with Gasteiger partial charge in [-0.1, -0.05) is 44.5 Å². The van der Waals surface area contributed by atoms with Crippen molar-refractivity contribution < 1.29 is 40.3 Å². The van der Waals surface area contributed by atoms with Gasteiger partial charge < -0.3 is 14.1 Å². The van der Waals surface area contributed by atoms with Gasteiger partial charge in [-0.2, -0.15) is 8.42 Å². The van der Waals surface area contributed by atoms with Gasteiger partial charge in [0, 0.05) is 5.56 Å². The van der Waals surface area contributed by atoms with Crippen molar-refractivity contribution in [2.24, 2.45) is 0 Å². The molecule has 0 aromatic heterocycles. The molecule has 0 aliphatic rings. The average Bonchev–Trinajstić information content (AvgIpc) is 2.78. The van der Waals surface area contributed by atoms with Gasteiger partial charge in [0.1, 0.15) is 11.9 Å². The van der Waals surface area contributed by atoms with Crippen molar-refractivity contribution in [1.82, 2.24) is 0 Å². The number of phosphoric ester groups is 1. The minimum Gasteiger partial charge on any atom is -0.412 e. The van der Waals surface area contributed by atoms with Crippen LogP contribution >= 0.6 is 7.82 Å². The zero-order chi connectivity index (χ0) is 32.4. The topological polar surface area (TPSA) is 118 Å². The van der Waals surface area contributed by atoms with Gasteiger partial charge in [-0.15, -0.1) is 0 Å². The predicted molar refractivity (Wildman–Crippen MR) is 168 cm³/mol. The van der Waals surface area contributed by atoms with Crippen molar-refractivity contribution in [3.8, 4) is 5.75 Å². The highest BCUT2D eigenvalue weighted by Crippen LogP contribution is 2.56. The van der Waals surface area contributed by atoms with Gasteiger partial charge in [-0.25, -0.2) is 4.57 Å². The van der Waals surface area contributed by atoms with E-state index in [9.17, 15) is 18.1 Å². The van der Waals surface area contributed by atoms with E-state index in [1.807, 2.05) is 6.92 Å². The minimum atomic E-state index is -4.13. The molecule has 0 saturated carbocycles. The van der Waals surface area contributed by atoms with Crippen LogP contribution in [0, 0.1) is 6.92 Å². The van der Waals surface area contributed by atoms with E-state index in [0.717, 1.165) is 5.56 Å². The standard InChI is InChI=1S/C30H49O9PSSi/c1-22-13-16-25(17-14-22)41(33,34)35-21-26(31)23-15-18-27(24(19-23)20-36-42(11,12)30(8,9)10)37-40(32,38-28(2,3)4)39-29(5,6)7/h13-19,26,31H,20-21H2,1-12H3/t26-/m0/s1. The minimum absolute atomic E-state index is 0.000886. The summed E-state index contributed by atoms with van der Waals surface area (Å²) < 4.78 is 68.4. The molecule has 2 aromatic carbocycles. The van der Waals surface area contributed by atoms with Crippen LogP contribution in [0.4, 0.5) is 0 Å². The van der Waals surface area contributed by atoms with Gasteiger partial charge in [0.25, 0.3) is 10.1 Å². The Hall–Kier alpha value is -1.56. The van der Waals surface area contributed by atoms with Crippen LogP contribution in [0.1, 0.15) is 85.1 Å². The Bertz CT molecular complexity index is 1330. The van der Waals surface area contributed by atoms with Crippen LogP contribution in [-0.4, -0.2) is 39.7 Å². The molecule has 1 N–H and O–H groups in total. The molecule has 2 aromatic rings. The third-order valence-electron chi connectivity index (χ3n) is 6.54. The zero-order valence-corrected chi connectivity index (χ0v) is 29.8. The summed E-state index contributed by atoms with van der Waals surface area (Å²) >= 11 is 0. The number of rotatable bonds is 12. The number of aliphatic hydroxyl groups is 1. The normalized spacial score (nSPS) is 14.6. The summed E-state index contributed by atoms with van der Waals surface area (Å²) in [5, 5.41) is 10.8. The smallest absolute Gasteiger partial charge is 0.412 e. The molecule has 42 heavy (non-hydrogen) atoms. The summed E-state index contributed by atoms with van der Waals surface area (Å²) in [6.45, 7) is 22.5. The van der Waals surface area contributed by atoms with Crippen LogP contribution in [0.2, 0.25) is 18.1 Å². The second kappa shape index (κ2) is 13.2. The first-order chi connectivity index (χ1) is 18.8. The number of phosphoric acid groups is 1. The van der Waals surface area contributed by atoms with E-state index < -0.39 is 50.2 Å². The van der Waals surface area contributed by atoms with Crippen LogP contribution in [0.5, 0.6) is 5.75 Å². The van der Waals surface area contributed by atoms with Crippen LogP contribution in [-0.2, 0) is 38.9 Å². The van der Waals surface area contributed by atoms with Gasteiger partial charge in [0.05, 0.1) is 29.3 Å². The van der Waals surface area contributed by atoms with Gasteiger partial charge in [0.15, 0.2) is 8.32 Å². The second-order valence-electron chi connectivity index (χ2n) is 13.9. The Morgan fingerprint density at radius 2 is 1.40 bits per heavy atom. The van der Waals surface area contributed by atoms with E-state index in [2.05, 4.69) is 33.9 Å². The van der Waals surface area contributed by atoms with Crippen LogP contribution < -0.4 is 4.52 Å². The lowest BCUT2D eigenvalue weighted by Crippen LogP contribution is -2.40. The first-order valence-corrected chi connectivity index (χ1v) is 19.7. The number of benzene rings is 2. The largest absolute Gasteiger partial charge is 0.531 e. The maximum atomic E-state index is 13.9. The van der Waals surface area contributed by atoms with Gasteiger partial charge in [0.2, 0.25) is 0 Å². The van der Waals surface area contributed by atoms with E-state index >= 15 is 0 Å². The summed E-state index contributed by atoms with van der Waals surface area (Å²) in [5.41, 5.74) is 0.102. The fourth-order valence-electron chi connectivity index (χ4n) is 3.35. The molecule has 12 heteroatoms. The highest BCUT2D eigenvalue weighted by molar-refractivity contribution is 7.86. The predicted octanol–water partition coefficient (Wildman–Crippen LogP) is 8.07. The van der Waals surface area contributed by atoms with Crippen molar-refractivity contribution in [2.75, 3.05) is 6.61 Å². The van der Waals surface area contributed by atoms with Crippen molar-refractivity contribution in [3.63, 3.8) is 0 Å². The van der Waals surface area contributed by atoms with E-state index in [4.69, 9.17) is 22.2 Å². The summed E-state index contributed by atoms with van der Waals surface area (Å²) in [4.78, 5) is 0.000886. The number of hydrogen-bond acceptors (Lipinski definition) is 9. The SMILES string of the molecule is Cc1ccc(S(=O)(=O)OC[C@H](O)c2ccc(OP(=O)(OC(C)(C)C)OC(C)(C)C)c(CO[Si](C)(C)C(C)(C)C)c2)cc1. The molecule has 0 fully saturated rings. The monoisotopic (exact) mass is 644 g/mol. The Kier molecular flexibility index (Phi) is 11.5. The third kappa shape index (κ3) is 11.2. The first-order valence-electron chi connectivity index (χ1n) is 13.9. The highest BCUT2D eigenvalue weighted by atomic mass is 32.2. The quantitative estimate of drug-likeness (QED) is 0.139. The molecule has 0 saturated heterocycles. The second-order valence-corrected chi connectivity index (χ2v) is 21.8.